The lowest BCUT2D eigenvalue weighted by atomic mass is 10.2. The van der Waals surface area contributed by atoms with E-state index in [1.165, 1.54) is 6.20 Å². The fraction of sp³-hybridized carbons (Fsp3) is 0.550. The topological polar surface area (TPSA) is 120 Å². The maximum atomic E-state index is 12.1. The Balaban J connectivity index is 2.14. The van der Waals surface area contributed by atoms with Crippen LogP contribution in [0.4, 0.5) is 10.6 Å². The van der Waals surface area contributed by atoms with Gasteiger partial charge in [0.25, 0.3) is 5.91 Å². The Hall–Kier alpha value is -2.87. The van der Waals surface area contributed by atoms with E-state index in [9.17, 15) is 9.59 Å². The van der Waals surface area contributed by atoms with Crippen LogP contribution in [-0.2, 0) is 18.9 Å². The largest absolute Gasteiger partial charge is 0.443 e. The molecule has 3 N–H and O–H groups in total. The van der Waals surface area contributed by atoms with Crippen LogP contribution in [0.3, 0.4) is 0 Å². The zero-order chi connectivity index (χ0) is 22.2. The van der Waals surface area contributed by atoms with Crippen molar-refractivity contribution < 1.29 is 28.5 Å². The molecular formula is C20H30N4O6. The number of pyridine rings is 1. The third-order valence-corrected chi connectivity index (χ3v) is 3.18. The first-order valence-corrected chi connectivity index (χ1v) is 9.48. The molecule has 1 rings (SSSR count). The van der Waals surface area contributed by atoms with Gasteiger partial charge in [-0.05, 0) is 32.9 Å². The van der Waals surface area contributed by atoms with Gasteiger partial charge < -0.3 is 24.3 Å². The highest BCUT2D eigenvalue weighted by atomic mass is 16.6. The van der Waals surface area contributed by atoms with E-state index < -0.39 is 11.7 Å². The molecule has 0 aliphatic heterocycles. The van der Waals surface area contributed by atoms with Crippen LogP contribution in [0.1, 0.15) is 31.1 Å². The van der Waals surface area contributed by atoms with Crippen LogP contribution in [0, 0.1) is 12.3 Å². The predicted octanol–water partition coefficient (Wildman–Crippen LogP) is 1.35. The average Bonchev–Trinajstić information content (AvgIpc) is 2.69. The molecule has 0 aromatic carbocycles. The molecule has 0 saturated carbocycles. The molecule has 1 aromatic heterocycles. The van der Waals surface area contributed by atoms with Crippen molar-refractivity contribution in [1.82, 2.24) is 15.7 Å². The lowest BCUT2D eigenvalue weighted by Gasteiger charge is -2.19. The van der Waals surface area contributed by atoms with E-state index in [1.54, 1.807) is 32.9 Å². The van der Waals surface area contributed by atoms with Gasteiger partial charge in [0.15, 0.2) is 0 Å². The van der Waals surface area contributed by atoms with Crippen molar-refractivity contribution >= 4 is 17.8 Å². The molecule has 0 aliphatic rings. The second kappa shape index (κ2) is 14.2. The van der Waals surface area contributed by atoms with Gasteiger partial charge in [-0.25, -0.2) is 15.2 Å². The van der Waals surface area contributed by atoms with E-state index in [0.717, 1.165) is 0 Å². The van der Waals surface area contributed by atoms with Crippen LogP contribution in [0.25, 0.3) is 0 Å². The van der Waals surface area contributed by atoms with Crippen molar-refractivity contribution in [3.05, 3.63) is 23.9 Å². The van der Waals surface area contributed by atoms with Crippen molar-refractivity contribution in [1.29, 1.82) is 0 Å². The van der Waals surface area contributed by atoms with Gasteiger partial charge in [-0.15, -0.1) is 6.42 Å². The zero-order valence-corrected chi connectivity index (χ0v) is 17.7. The van der Waals surface area contributed by atoms with Gasteiger partial charge in [-0.1, -0.05) is 5.92 Å². The predicted molar refractivity (Wildman–Crippen MR) is 111 cm³/mol. The van der Waals surface area contributed by atoms with Gasteiger partial charge in [-0.3, -0.25) is 10.2 Å². The molecule has 0 atom stereocenters. The quantitative estimate of drug-likeness (QED) is 0.248. The second-order valence-electron chi connectivity index (χ2n) is 6.92. The SMILES string of the molecule is C#CCOCCOCCOCCNC(=O)c1ccc(NNC(=O)OC(C)(C)C)nc1. The minimum Gasteiger partial charge on any atom is -0.443 e. The molecule has 0 aliphatic carbocycles. The summed E-state index contributed by atoms with van der Waals surface area (Å²) in [5.41, 5.74) is 4.75. The molecule has 1 heterocycles. The van der Waals surface area contributed by atoms with E-state index in [2.05, 4.69) is 27.1 Å². The summed E-state index contributed by atoms with van der Waals surface area (Å²) in [4.78, 5) is 27.7. The number of hydrazine groups is 1. The lowest BCUT2D eigenvalue weighted by molar-refractivity contribution is 0.0209. The Morgan fingerprint density at radius 2 is 1.73 bits per heavy atom. The van der Waals surface area contributed by atoms with Crippen LogP contribution >= 0.6 is 0 Å². The number of ether oxygens (including phenoxy) is 4. The molecule has 30 heavy (non-hydrogen) atoms. The van der Waals surface area contributed by atoms with Crippen molar-refractivity contribution in [3.8, 4) is 12.3 Å². The normalized spacial score (nSPS) is 10.7. The van der Waals surface area contributed by atoms with Gasteiger partial charge in [0.2, 0.25) is 0 Å². The number of rotatable bonds is 13. The molecular weight excluding hydrogens is 392 g/mol. The highest BCUT2D eigenvalue weighted by Gasteiger charge is 2.15. The summed E-state index contributed by atoms with van der Waals surface area (Å²) >= 11 is 0. The van der Waals surface area contributed by atoms with E-state index in [1.807, 2.05) is 0 Å². The van der Waals surface area contributed by atoms with Gasteiger partial charge in [0, 0.05) is 12.7 Å². The summed E-state index contributed by atoms with van der Waals surface area (Å²) in [7, 11) is 0. The Morgan fingerprint density at radius 3 is 2.33 bits per heavy atom. The minimum absolute atomic E-state index is 0.275. The Bertz CT molecular complexity index is 682. The Kier molecular flexibility index (Phi) is 11.9. The number of hydrogen-bond donors (Lipinski definition) is 3. The summed E-state index contributed by atoms with van der Waals surface area (Å²) in [6, 6.07) is 3.14. The summed E-state index contributed by atoms with van der Waals surface area (Å²) in [6.07, 6.45) is 5.81. The number of amides is 2. The number of anilines is 1. The number of carbonyl (C=O) groups is 2. The lowest BCUT2D eigenvalue weighted by Crippen LogP contribution is -2.36. The van der Waals surface area contributed by atoms with Crippen molar-refractivity contribution in [3.63, 3.8) is 0 Å². The van der Waals surface area contributed by atoms with Gasteiger partial charge >= 0.3 is 6.09 Å². The first-order chi connectivity index (χ1) is 14.3. The van der Waals surface area contributed by atoms with Crippen molar-refractivity contribution in [2.45, 2.75) is 26.4 Å². The molecule has 0 bridgehead atoms. The number of hydrogen-bond acceptors (Lipinski definition) is 8. The van der Waals surface area contributed by atoms with Crippen molar-refractivity contribution in [2.24, 2.45) is 0 Å². The smallest absolute Gasteiger partial charge is 0.426 e. The monoisotopic (exact) mass is 422 g/mol. The summed E-state index contributed by atoms with van der Waals surface area (Å²) < 4.78 is 20.8. The molecule has 10 nitrogen and oxygen atoms in total. The first-order valence-electron chi connectivity index (χ1n) is 9.48. The minimum atomic E-state index is -0.631. The maximum absolute atomic E-state index is 12.1. The molecule has 0 radical (unpaired) electrons. The fourth-order valence-electron chi connectivity index (χ4n) is 1.93. The molecule has 0 saturated heterocycles. The third-order valence-electron chi connectivity index (χ3n) is 3.18. The van der Waals surface area contributed by atoms with Gasteiger partial charge in [0.1, 0.15) is 18.0 Å². The van der Waals surface area contributed by atoms with E-state index in [4.69, 9.17) is 25.4 Å². The van der Waals surface area contributed by atoms with E-state index in [-0.39, 0.29) is 12.5 Å². The molecule has 2 amide bonds. The molecule has 1 aromatic rings. The number of terminal acetylenes is 1. The van der Waals surface area contributed by atoms with Crippen molar-refractivity contribution in [2.75, 3.05) is 51.6 Å². The first kappa shape index (κ1) is 25.2. The summed E-state index contributed by atoms with van der Waals surface area (Å²) in [5.74, 6) is 2.46. The second-order valence-corrected chi connectivity index (χ2v) is 6.92. The van der Waals surface area contributed by atoms with Crippen LogP contribution in [0.5, 0.6) is 0 Å². The molecule has 166 valence electrons. The average molecular weight is 422 g/mol. The van der Waals surface area contributed by atoms with Crippen LogP contribution in [-0.4, -0.2) is 68.8 Å². The number of aromatic nitrogens is 1. The number of nitrogens with one attached hydrogen (secondary N) is 3. The highest BCUT2D eigenvalue weighted by molar-refractivity contribution is 5.94. The molecule has 10 heteroatoms. The van der Waals surface area contributed by atoms with Gasteiger partial charge in [-0.2, -0.15) is 0 Å². The zero-order valence-electron chi connectivity index (χ0n) is 17.7. The van der Waals surface area contributed by atoms with Gasteiger partial charge in [0.05, 0.1) is 38.6 Å². The maximum Gasteiger partial charge on any atom is 0.426 e. The standard InChI is InChI=1S/C20H30N4O6/c1-5-9-27-11-13-29-14-12-28-10-8-21-18(25)16-6-7-17(22-15-16)23-24-19(26)30-20(2,3)4/h1,6-7,15H,8-14H2,2-4H3,(H,21,25)(H,22,23)(H,24,26). The Labute approximate surface area is 177 Å². The fourth-order valence-corrected chi connectivity index (χ4v) is 1.93. The molecule has 0 spiro atoms. The molecule has 0 unspecified atom stereocenters. The number of nitrogens with zero attached hydrogens (tertiary/aromatic N) is 1. The van der Waals surface area contributed by atoms with Crippen LogP contribution in [0.15, 0.2) is 18.3 Å². The van der Waals surface area contributed by atoms with Crippen LogP contribution in [0.2, 0.25) is 0 Å². The Morgan fingerprint density at radius 1 is 1.07 bits per heavy atom. The molecule has 0 fully saturated rings. The van der Waals surface area contributed by atoms with E-state index >= 15 is 0 Å². The van der Waals surface area contributed by atoms with Crippen LogP contribution < -0.4 is 16.2 Å². The third kappa shape index (κ3) is 12.6. The summed E-state index contributed by atoms with van der Waals surface area (Å²) in [6.45, 7) is 8.01. The number of carbonyl (C=O) groups excluding carboxylic acids is 2. The highest BCUT2D eigenvalue weighted by Crippen LogP contribution is 2.07. The van der Waals surface area contributed by atoms with E-state index in [0.29, 0.717) is 51.0 Å². The summed E-state index contributed by atoms with van der Waals surface area (Å²) in [5, 5.41) is 2.73.